The molecule has 0 aliphatic carbocycles. The fourth-order valence-corrected chi connectivity index (χ4v) is 1.85. The van der Waals surface area contributed by atoms with Gasteiger partial charge in [0.05, 0.1) is 11.3 Å². The number of aryl methyl sites for hydroxylation is 1. The fourth-order valence-electron chi connectivity index (χ4n) is 1.85. The number of carboxylic acids is 1. The molecule has 2 aromatic rings. The minimum Gasteiger partial charge on any atom is -0.484 e. The van der Waals surface area contributed by atoms with Crippen molar-refractivity contribution < 1.29 is 19.4 Å². The van der Waals surface area contributed by atoms with Gasteiger partial charge in [-0.25, -0.2) is 4.79 Å². The highest BCUT2D eigenvalue weighted by Gasteiger charge is 2.14. The van der Waals surface area contributed by atoms with Gasteiger partial charge in [0.2, 0.25) is 0 Å². The number of nitrogens with one attached hydrogen (secondary N) is 1. The highest BCUT2D eigenvalue weighted by Crippen LogP contribution is 2.20. The van der Waals surface area contributed by atoms with Crippen molar-refractivity contribution in [3.8, 4) is 5.75 Å². The maximum atomic E-state index is 11.9. The molecule has 0 aliphatic heterocycles. The average molecular weight is 285 g/mol. The first-order valence-corrected chi connectivity index (χ1v) is 6.38. The Morgan fingerprint density at radius 3 is 2.48 bits per heavy atom. The molecule has 21 heavy (non-hydrogen) atoms. The number of hydrogen-bond acceptors (Lipinski definition) is 3. The molecule has 2 N–H and O–H groups in total. The van der Waals surface area contributed by atoms with E-state index in [9.17, 15) is 9.59 Å². The smallest absolute Gasteiger partial charge is 0.337 e. The summed E-state index contributed by atoms with van der Waals surface area (Å²) in [4.78, 5) is 23.0. The second-order valence-corrected chi connectivity index (χ2v) is 4.45. The van der Waals surface area contributed by atoms with Crippen molar-refractivity contribution in [1.29, 1.82) is 0 Å². The van der Waals surface area contributed by atoms with Crippen molar-refractivity contribution in [3.05, 3.63) is 59.7 Å². The van der Waals surface area contributed by atoms with E-state index in [1.54, 1.807) is 43.3 Å². The lowest BCUT2D eigenvalue weighted by molar-refractivity contribution is -0.118. The van der Waals surface area contributed by atoms with Crippen LogP contribution in [0.5, 0.6) is 5.75 Å². The Hall–Kier alpha value is -2.82. The topological polar surface area (TPSA) is 75.6 Å². The molecule has 0 saturated carbocycles. The van der Waals surface area contributed by atoms with E-state index >= 15 is 0 Å². The molecular weight excluding hydrogens is 270 g/mol. The molecule has 0 spiro atoms. The summed E-state index contributed by atoms with van der Waals surface area (Å²) in [6.07, 6.45) is 0. The van der Waals surface area contributed by atoms with Crippen LogP contribution in [-0.2, 0) is 4.79 Å². The van der Waals surface area contributed by atoms with Crippen molar-refractivity contribution in [3.63, 3.8) is 0 Å². The lowest BCUT2D eigenvalue weighted by Gasteiger charge is -2.12. The Balaban J connectivity index is 2.05. The first kappa shape index (κ1) is 14.6. The van der Waals surface area contributed by atoms with Crippen molar-refractivity contribution in [1.82, 2.24) is 0 Å². The first-order chi connectivity index (χ1) is 10.1. The van der Waals surface area contributed by atoms with Crippen LogP contribution in [0, 0.1) is 6.92 Å². The van der Waals surface area contributed by atoms with Crippen LogP contribution in [0.1, 0.15) is 15.9 Å². The number of carbonyl (C=O) groups excluding carboxylic acids is 1. The van der Waals surface area contributed by atoms with Crippen LogP contribution in [0.15, 0.2) is 48.5 Å². The third kappa shape index (κ3) is 3.82. The molecule has 0 radical (unpaired) electrons. The van der Waals surface area contributed by atoms with E-state index in [-0.39, 0.29) is 12.2 Å². The van der Waals surface area contributed by atoms with E-state index in [1.165, 1.54) is 6.07 Å². The summed E-state index contributed by atoms with van der Waals surface area (Å²) >= 11 is 0. The minimum atomic E-state index is -1.09. The fraction of sp³-hybridized carbons (Fsp3) is 0.125. The van der Waals surface area contributed by atoms with Gasteiger partial charge in [0.25, 0.3) is 5.91 Å². The second-order valence-electron chi connectivity index (χ2n) is 4.45. The Labute approximate surface area is 122 Å². The lowest BCUT2D eigenvalue weighted by atomic mass is 10.1. The number of amides is 1. The summed E-state index contributed by atoms with van der Waals surface area (Å²) in [5.74, 6) is -0.912. The van der Waals surface area contributed by atoms with Crippen molar-refractivity contribution in [2.45, 2.75) is 6.92 Å². The van der Waals surface area contributed by atoms with E-state index in [1.807, 2.05) is 6.07 Å². The molecule has 5 nitrogen and oxygen atoms in total. The third-order valence-electron chi connectivity index (χ3n) is 2.88. The maximum absolute atomic E-state index is 11.9. The molecule has 0 fully saturated rings. The zero-order valence-corrected chi connectivity index (χ0v) is 11.5. The lowest BCUT2D eigenvalue weighted by Crippen LogP contribution is -2.22. The number of carbonyl (C=O) groups is 2. The van der Waals surface area contributed by atoms with Crippen molar-refractivity contribution in [2.75, 3.05) is 11.9 Å². The van der Waals surface area contributed by atoms with Crippen LogP contribution < -0.4 is 10.1 Å². The van der Waals surface area contributed by atoms with Gasteiger partial charge < -0.3 is 15.2 Å². The van der Waals surface area contributed by atoms with E-state index < -0.39 is 11.9 Å². The number of ether oxygens (including phenoxy) is 1. The zero-order chi connectivity index (χ0) is 15.2. The highest BCUT2D eigenvalue weighted by atomic mass is 16.5. The molecule has 1 amide bonds. The van der Waals surface area contributed by atoms with E-state index in [2.05, 4.69) is 5.32 Å². The van der Waals surface area contributed by atoms with Gasteiger partial charge in [-0.15, -0.1) is 0 Å². The predicted octanol–water partition coefficient (Wildman–Crippen LogP) is 2.71. The third-order valence-corrected chi connectivity index (χ3v) is 2.88. The summed E-state index contributed by atoms with van der Waals surface area (Å²) in [6, 6.07) is 13.7. The Kier molecular flexibility index (Phi) is 4.56. The van der Waals surface area contributed by atoms with Gasteiger partial charge in [0.1, 0.15) is 5.75 Å². The molecule has 5 heteroatoms. The molecule has 2 rings (SSSR count). The van der Waals surface area contributed by atoms with Crippen LogP contribution in [0.25, 0.3) is 0 Å². The van der Waals surface area contributed by atoms with Crippen LogP contribution >= 0.6 is 0 Å². The number of carboxylic acid groups (broad SMARTS) is 1. The van der Waals surface area contributed by atoms with Gasteiger partial charge in [-0.3, -0.25) is 4.79 Å². The van der Waals surface area contributed by atoms with Gasteiger partial charge in [-0.2, -0.15) is 0 Å². The molecule has 0 bridgehead atoms. The molecule has 0 saturated heterocycles. The standard InChI is InChI=1S/C16H15NO4/c1-11-6-5-9-13(16(19)20)15(11)17-14(18)10-21-12-7-3-2-4-8-12/h2-9H,10H2,1H3,(H,17,18)(H,19,20). The number of para-hydroxylation sites is 2. The minimum absolute atomic E-state index is 0.0584. The molecular formula is C16H15NO4. The summed E-state index contributed by atoms with van der Waals surface area (Å²) in [7, 11) is 0. The second kappa shape index (κ2) is 6.56. The summed E-state index contributed by atoms with van der Waals surface area (Å²) < 4.78 is 5.32. The number of anilines is 1. The van der Waals surface area contributed by atoms with Gasteiger partial charge in [0, 0.05) is 0 Å². The Bertz CT molecular complexity index is 653. The predicted molar refractivity (Wildman–Crippen MR) is 78.7 cm³/mol. The first-order valence-electron chi connectivity index (χ1n) is 6.38. The molecule has 2 aromatic carbocycles. The van der Waals surface area contributed by atoms with Gasteiger partial charge >= 0.3 is 5.97 Å². The van der Waals surface area contributed by atoms with E-state index in [4.69, 9.17) is 9.84 Å². The zero-order valence-electron chi connectivity index (χ0n) is 11.5. The van der Waals surface area contributed by atoms with Crippen LogP contribution in [0.2, 0.25) is 0 Å². The largest absolute Gasteiger partial charge is 0.484 e. The van der Waals surface area contributed by atoms with E-state index in [0.29, 0.717) is 17.0 Å². The summed E-state index contributed by atoms with van der Waals surface area (Å²) in [6.45, 7) is 1.55. The summed E-state index contributed by atoms with van der Waals surface area (Å²) in [5.41, 5.74) is 1.04. The van der Waals surface area contributed by atoms with Crippen molar-refractivity contribution >= 4 is 17.6 Å². The SMILES string of the molecule is Cc1cccc(C(=O)O)c1NC(=O)COc1ccccc1. The molecule has 108 valence electrons. The molecule has 0 heterocycles. The number of hydrogen-bond donors (Lipinski definition) is 2. The quantitative estimate of drug-likeness (QED) is 0.885. The normalized spacial score (nSPS) is 9.95. The van der Waals surface area contributed by atoms with Crippen LogP contribution in [0.4, 0.5) is 5.69 Å². The molecule has 0 aliphatic rings. The number of benzene rings is 2. The van der Waals surface area contributed by atoms with Crippen molar-refractivity contribution in [2.24, 2.45) is 0 Å². The van der Waals surface area contributed by atoms with E-state index in [0.717, 1.165) is 0 Å². The van der Waals surface area contributed by atoms with Gasteiger partial charge in [-0.1, -0.05) is 30.3 Å². The highest BCUT2D eigenvalue weighted by molar-refractivity contribution is 6.01. The average Bonchev–Trinajstić information content (AvgIpc) is 2.48. The number of rotatable bonds is 5. The summed E-state index contributed by atoms with van der Waals surface area (Å²) in [5, 5.41) is 11.7. The van der Waals surface area contributed by atoms with Crippen LogP contribution in [-0.4, -0.2) is 23.6 Å². The van der Waals surface area contributed by atoms with Gasteiger partial charge in [-0.05, 0) is 30.7 Å². The molecule has 0 unspecified atom stereocenters. The Morgan fingerprint density at radius 1 is 1.10 bits per heavy atom. The van der Waals surface area contributed by atoms with Gasteiger partial charge in [0.15, 0.2) is 6.61 Å². The molecule has 0 aromatic heterocycles. The monoisotopic (exact) mass is 285 g/mol. The Morgan fingerprint density at radius 2 is 1.81 bits per heavy atom. The maximum Gasteiger partial charge on any atom is 0.337 e. The molecule has 0 atom stereocenters. The number of aromatic carboxylic acids is 1. The van der Waals surface area contributed by atoms with Crippen LogP contribution in [0.3, 0.4) is 0 Å².